The summed E-state index contributed by atoms with van der Waals surface area (Å²) in [6, 6.07) is 3.27. The van der Waals surface area contributed by atoms with E-state index in [1.54, 1.807) is 6.92 Å². The molecule has 1 amide bonds. The van der Waals surface area contributed by atoms with E-state index < -0.39 is 21.7 Å². The summed E-state index contributed by atoms with van der Waals surface area (Å²) < 4.78 is 46.3. The van der Waals surface area contributed by atoms with Crippen molar-refractivity contribution in [1.29, 1.82) is 0 Å². The highest BCUT2D eigenvalue weighted by atomic mass is 32.2. The summed E-state index contributed by atoms with van der Waals surface area (Å²) >= 11 is 1.84. The number of morpholine rings is 1. The number of hydrogen-bond donors (Lipinski definition) is 2. The number of halogens is 1. The number of amides is 1. The maximum Gasteiger partial charge on any atom is 0.254 e. The van der Waals surface area contributed by atoms with Crippen LogP contribution >= 0.6 is 11.8 Å². The Bertz CT molecular complexity index is 807. The molecule has 2 heterocycles. The number of thioether (sulfide) groups is 1. The van der Waals surface area contributed by atoms with Gasteiger partial charge in [-0.1, -0.05) is 6.92 Å². The molecular formula is C18H26FN3O4S2. The molecule has 1 aromatic rings. The van der Waals surface area contributed by atoms with Crippen LogP contribution in [0.1, 0.15) is 23.7 Å². The van der Waals surface area contributed by atoms with Gasteiger partial charge in [-0.15, -0.1) is 0 Å². The molecule has 2 aliphatic rings. The maximum absolute atomic E-state index is 14.2. The van der Waals surface area contributed by atoms with Gasteiger partial charge in [-0.05, 0) is 30.4 Å². The molecule has 7 nitrogen and oxygen atoms in total. The Balaban J connectivity index is 1.75. The molecule has 0 spiro atoms. The SMILES string of the molecule is CCNS(=O)(=O)c1ccc(F)c(C(=O)NCC2(N3CCOCC3)CCSC2)c1. The summed E-state index contributed by atoms with van der Waals surface area (Å²) in [6.07, 6.45) is 0.940. The fourth-order valence-corrected chi connectivity index (χ4v) is 6.14. The Morgan fingerprint density at radius 2 is 2.11 bits per heavy atom. The highest BCUT2D eigenvalue weighted by Gasteiger charge is 2.41. The van der Waals surface area contributed by atoms with Crippen LogP contribution < -0.4 is 10.0 Å². The van der Waals surface area contributed by atoms with E-state index in [4.69, 9.17) is 4.74 Å². The minimum atomic E-state index is -3.77. The van der Waals surface area contributed by atoms with Gasteiger partial charge in [-0.3, -0.25) is 9.69 Å². The second kappa shape index (κ2) is 9.08. The third-order valence-electron chi connectivity index (χ3n) is 5.17. The number of ether oxygens (including phenoxy) is 1. The van der Waals surface area contributed by atoms with Gasteiger partial charge < -0.3 is 10.1 Å². The minimum absolute atomic E-state index is 0.125. The highest BCUT2D eigenvalue weighted by molar-refractivity contribution is 7.99. The summed E-state index contributed by atoms with van der Waals surface area (Å²) in [5.74, 6) is 0.563. The van der Waals surface area contributed by atoms with Crippen molar-refractivity contribution >= 4 is 27.7 Å². The fraction of sp³-hybridized carbons (Fsp3) is 0.611. The third kappa shape index (κ3) is 4.68. The van der Waals surface area contributed by atoms with Crippen molar-refractivity contribution in [2.75, 3.05) is 50.9 Å². The van der Waals surface area contributed by atoms with Crippen LogP contribution in [0.5, 0.6) is 0 Å². The Hall–Kier alpha value is -1.20. The van der Waals surface area contributed by atoms with E-state index in [0.29, 0.717) is 19.8 Å². The van der Waals surface area contributed by atoms with Crippen molar-refractivity contribution in [3.63, 3.8) is 0 Å². The van der Waals surface area contributed by atoms with Gasteiger partial charge in [0.1, 0.15) is 5.82 Å². The van der Waals surface area contributed by atoms with Gasteiger partial charge in [0.05, 0.1) is 23.7 Å². The van der Waals surface area contributed by atoms with Crippen molar-refractivity contribution in [3.8, 4) is 0 Å². The minimum Gasteiger partial charge on any atom is -0.379 e. The van der Waals surface area contributed by atoms with E-state index in [1.165, 1.54) is 0 Å². The summed E-state index contributed by atoms with van der Waals surface area (Å²) in [5, 5.41) is 2.84. The molecule has 0 radical (unpaired) electrons. The second-order valence-electron chi connectivity index (χ2n) is 6.95. The number of sulfonamides is 1. The van der Waals surface area contributed by atoms with Gasteiger partial charge in [0.2, 0.25) is 10.0 Å². The molecule has 2 fully saturated rings. The largest absolute Gasteiger partial charge is 0.379 e. The van der Waals surface area contributed by atoms with Crippen LogP contribution in [0.15, 0.2) is 23.1 Å². The van der Waals surface area contributed by atoms with Gasteiger partial charge >= 0.3 is 0 Å². The number of nitrogens with one attached hydrogen (secondary N) is 2. The first kappa shape index (κ1) is 21.5. The molecule has 2 aliphatic heterocycles. The van der Waals surface area contributed by atoms with E-state index in [2.05, 4.69) is 14.9 Å². The van der Waals surface area contributed by atoms with Crippen LogP contribution in [0.25, 0.3) is 0 Å². The molecule has 1 atom stereocenters. The molecule has 2 saturated heterocycles. The second-order valence-corrected chi connectivity index (χ2v) is 9.82. The number of hydrogen-bond acceptors (Lipinski definition) is 6. The van der Waals surface area contributed by atoms with Crippen LogP contribution in [0.3, 0.4) is 0 Å². The van der Waals surface area contributed by atoms with Crippen molar-refractivity contribution in [2.24, 2.45) is 0 Å². The van der Waals surface area contributed by atoms with Crippen LogP contribution in [0, 0.1) is 5.82 Å². The van der Waals surface area contributed by atoms with Gasteiger partial charge in [-0.2, -0.15) is 11.8 Å². The summed E-state index contributed by atoms with van der Waals surface area (Å²) in [4.78, 5) is 14.9. The average Bonchev–Trinajstić information content (AvgIpc) is 3.17. The highest BCUT2D eigenvalue weighted by Crippen LogP contribution is 2.33. The molecule has 28 heavy (non-hydrogen) atoms. The molecule has 1 unspecified atom stereocenters. The Morgan fingerprint density at radius 3 is 2.75 bits per heavy atom. The summed E-state index contributed by atoms with van der Waals surface area (Å²) in [7, 11) is -3.77. The Morgan fingerprint density at radius 1 is 1.36 bits per heavy atom. The summed E-state index contributed by atoms with van der Waals surface area (Å²) in [6.45, 7) is 5.20. The monoisotopic (exact) mass is 431 g/mol. The van der Waals surface area contributed by atoms with Crippen LogP contribution in [-0.2, 0) is 14.8 Å². The van der Waals surface area contributed by atoms with E-state index in [1.807, 2.05) is 11.8 Å². The Labute approximate surface area is 169 Å². The lowest BCUT2D eigenvalue weighted by Gasteiger charge is -2.43. The number of carbonyl (C=O) groups is 1. The molecule has 10 heteroatoms. The molecule has 1 aromatic carbocycles. The predicted molar refractivity (Wildman–Crippen MR) is 107 cm³/mol. The molecule has 0 saturated carbocycles. The zero-order valence-electron chi connectivity index (χ0n) is 15.9. The van der Waals surface area contributed by atoms with Crippen molar-refractivity contribution in [3.05, 3.63) is 29.6 Å². The third-order valence-corrected chi connectivity index (χ3v) is 7.95. The molecule has 2 N–H and O–H groups in total. The first-order valence-electron chi connectivity index (χ1n) is 9.36. The van der Waals surface area contributed by atoms with Crippen molar-refractivity contribution < 1.29 is 22.3 Å². The van der Waals surface area contributed by atoms with E-state index >= 15 is 0 Å². The molecule has 156 valence electrons. The van der Waals surface area contributed by atoms with Crippen molar-refractivity contribution in [2.45, 2.75) is 23.8 Å². The molecule has 3 rings (SSSR count). The lowest BCUT2D eigenvalue weighted by Crippen LogP contribution is -2.59. The van der Waals surface area contributed by atoms with Crippen LogP contribution in [-0.4, -0.2) is 75.7 Å². The summed E-state index contributed by atoms with van der Waals surface area (Å²) in [5.41, 5.74) is -0.435. The Kier molecular flexibility index (Phi) is 6.98. The van der Waals surface area contributed by atoms with Gasteiger partial charge in [0, 0.05) is 37.5 Å². The number of rotatable bonds is 7. The molecule has 0 aliphatic carbocycles. The van der Waals surface area contributed by atoms with E-state index in [9.17, 15) is 17.6 Å². The normalized spacial score (nSPS) is 23.6. The lowest BCUT2D eigenvalue weighted by molar-refractivity contribution is -0.0129. The lowest BCUT2D eigenvalue weighted by atomic mass is 9.95. The van der Waals surface area contributed by atoms with Gasteiger partial charge in [-0.25, -0.2) is 17.5 Å². The number of nitrogens with zero attached hydrogens (tertiary/aromatic N) is 1. The van der Waals surface area contributed by atoms with E-state index in [0.717, 1.165) is 49.2 Å². The zero-order chi connectivity index (χ0) is 20.2. The van der Waals surface area contributed by atoms with Gasteiger partial charge in [0.25, 0.3) is 5.91 Å². The first-order valence-corrected chi connectivity index (χ1v) is 12.0. The first-order chi connectivity index (χ1) is 13.4. The maximum atomic E-state index is 14.2. The standard InChI is InChI=1S/C18H26FN3O4S2/c1-2-21-28(24,25)14-3-4-16(19)15(11-14)17(23)20-12-18(5-10-27-13-18)22-6-8-26-9-7-22/h3-4,11,21H,2,5-10,12-13H2,1H3,(H,20,23). The zero-order valence-corrected chi connectivity index (χ0v) is 17.5. The fourth-order valence-electron chi connectivity index (χ4n) is 3.59. The van der Waals surface area contributed by atoms with Crippen molar-refractivity contribution in [1.82, 2.24) is 14.9 Å². The van der Waals surface area contributed by atoms with Gasteiger partial charge in [0.15, 0.2) is 0 Å². The quantitative estimate of drug-likeness (QED) is 0.671. The number of carbonyl (C=O) groups excluding carboxylic acids is 1. The average molecular weight is 432 g/mol. The van der Waals surface area contributed by atoms with Crippen LogP contribution in [0.2, 0.25) is 0 Å². The smallest absolute Gasteiger partial charge is 0.254 e. The molecular weight excluding hydrogens is 405 g/mol. The topological polar surface area (TPSA) is 87.7 Å². The molecule has 0 bridgehead atoms. The van der Waals surface area contributed by atoms with E-state index in [-0.39, 0.29) is 22.5 Å². The number of benzene rings is 1. The molecule has 0 aromatic heterocycles. The predicted octanol–water partition coefficient (Wildman–Crippen LogP) is 1.06. The van der Waals surface area contributed by atoms with Crippen LogP contribution in [0.4, 0.5) is 4.39 Å².